The van der Waals surface area contributed by atoms with Gasteiger partial charge >= 0.3 is 0 Å². The molecule has 0 saturated heterocycles. The van der Waals surface area contributed by atoms with Gasteiger partial charge in [-0.15, -0.1) is 0 Å². The van der Waals surface area contributed by atoms with E-state index in [1.807, 2.05) is 0 Å². The van der Waals surface area contributed by atoms with Crippen molar-refractivity contribution >= 4 is 6.29 Å². The second kappa shape index (κ2) is 1.99. The molecule has 0 unspecified atom stereocenters. The highest BCUT2D eigenvalue weighted by molar-refractivity contribution is 5.75. The number of allylic oxidation sites excluding steroid dienone is 2. The molecule has 0 aromatic heterocycles. The van der Waals surface area contributed by atoms with Gasteiger partial charge in [0, 0.05) is 11.3 Å². The van der Waals surface area contributed by atoms with Crippen LogP contribution in [0.1, 0.15) is 19.3 Å². The summed E-state index contributed by atoms with van der Waals surface area (Å²) in [5.74, 6) is 0. The van der Waals surface area contributed by atoms with Crippen LogP contribution in [0.25, 0.3) is 0 Å². The quantitative estimate of drug-likeness (QED) is 0.503. The highest BCUT2D eigenvalue weighted by Gasteiger charge is 2.08. The maximum Gasteiger partial charge on any atom is 0.147 e. The molecule has 2 heteroatoms. The second-order valence-corrected chi connectivity index (χ2v) is 2.02. The first-order valence-corrected chi connectivity index (χ1v) is 2.77. The first-order chi connectivity index (χ1) is 3.84. The summed E-state index contributed by atoms with van der Waals surface area (Å²) in [6.07, 6.45) is 3.71. The summed E-state index contributed by atoms with van der Waals surface area (Å²) in [6.45, 7) is 0. The van der Waals surface area contributed by atoms with E-state index in [1.165, 1.54) is 0 Å². The average molecular weight is 111 g/mol. The number of rotatable bonds is 1. The predicted octanol–water partition coefficient (Wildman–Crippen LogP) is 0.582. The van der Waals surface area contributed by atoms with Gasteiger partial charge in [-0.2, -0.15) is 0 Å². The van der Waals surface area contributed by atoms with E-state index >= 15 is 0 Å². The van der Waals surface area contributed by atoms with Crippen molar-refractivity contribution in [2.24, 2.45) is 5.73 Å². The molecule has 0 aliphatic heterocycles. The van der Waals surface area contributed by atoms with Gasteiger partial charge in [-0.05, 0) is 19.3 Å². The Morgan fingerprint density at radius 3 is 2.50 bits per heavy atom. The van der Waals surface area contributed by atoms with E-state index in [2.05, 4.69) is 0 Å². The molecule has 0 spiro atoms. The largest absolute Gasteiger partial charge is 0.402 e. The minimum atomic E-state index is 0.792. The third kappa shape index (κ3) is 0.735. The maximum atomic E-state index is 10.1. The molecule has 0 bridgehead atoms. The Morgan fingerprint density at radius 1 is 1.50 bits per heavy atom. The molecule has 8 heavy (non-hydrogen) atoms. The summed E-state index contributed by atoms with van der Waals surface area (Å²) in [6, 6.07) is 0. The zero-order valence-electron chi connectivity index (χ0n) is 4.68. The summed E-state index contributed by atoms with van der Waals surface area (Å²) in [5, 5.41) is 0. The highest BCUT2D eigenvalue weighted by atomic mass is 16.1. The SMILES string of the molecule is NC1=C(C=O)CCC1. The summed E-state index contributed by atoms with van der Waals surface area (Å²) in [4.78, 5) is 10.1. The van der Waals surface area contributed by atoms with Crippen molar-refractivity contribution in [2.75, 3.05) is 0 Å². The standard InChI is InChI=1S/C6H9NO/c7-6-3-1-2-5(6)4-8/h4H,1-3,7H2. The Labute approximate surface area is 48.4 Å². The van der Waals surface area contributed by atoms with Gasteiger partial charge in [-0.1, -0.05) is 0 Å². The van der Waals surface area contributed by atoms with Gasteiger partial charge in [0.05, 0.1) is 0 Å². The van der Waals surface area contributed by atoms with Crippen LogP contribution in [-0.2, 0) is 4.79 Å². The fraction of sp³-hybridized carbons (Fsp3) is 0.500. The van der Waals surface area contributed by atoms with Crippen LogP contribution in [0.5, 0.6) is 0 Å². The Kier molecular flexibility index (Phi) is 1.33. The van der Waals surface area contributed by atoms with Gasteiger partial charge in [-0.3, -0.25) is 4.79 Å². The smallest absolute Gasteiger partial charge is 0.147 e. The molecule has 2 N–H and O–H groups in total. The van der Waals surface area contributed by atoms with Gasteiger partial charge in [0.25, 0.3) is 0 Å². The molecule has 1 aliphatic rings. The third-order valence-corrected chi connectivity index (χ3v) is 1.45. The molecule has 0 saturated carbocycles. The molecule has 0 fully saturated rings. The van der Waals surface area contributed by atoms with E-state index in [0.29, 0.717) is 0 Å². The molecule has 0 aromatic carbocycles. The lowest BCUT2D eigenvalue weighted by Gasteiger charge is -1.87. The monoisotopic (exact) mass is 111 g/mol. The summed E-state index contributed by atoms with van der Waals surface area (Å²) in [7, 11) is 0. The fourth-order valence-electron chi connectivity index (χ4n) is 0.925. The lowest BCUT2D eigenvalue weighted by molar-refractivity contribution is -0.105. The number of carbonyl (C=O) groups excluding carboxylic acids is 1. The van der Waals surface area contributed by atoms with Crippen molar-refractivity contribution < 1.29 is 4.79 Å². The summed E-state index contributed by atoms with van der Waals surface area (Å²) >= 11 is 0. The molecular weight excluding hydrogens is 102 g/mol. The molecule has 0 radical (unpaired) electrons. The van der Waals surface area contributed by atoms with Crippen molar-refractivity contribution in [3.05, 3.63) is 11.3 Å². The molecule has 1 rings (SSSR count). The normalized spacial score (nSPS) is 19.5. The minimum absolute atomic E-state index is 0.792. The van der Waals surface area contributed by atoms with Crippen molar-refractivity contribution in [2.45, 2.75) is 19.3 Å². The number of hydrogen-bond donors (Lipinski definition) is 1. The van der Waals surface area contributed by atoms with Crippen molar-refractivity contribution in [1.82, 2.24) is 0 Å². The fourth-order valence-corrected chi connectivity index (χ4v) is 0.925. The van der Waals surface area contributed by atoms with Crippen LogP contribution < -0.4 is 5.73 Å². The molecule has 0 aromatic rings. The summed E-state index contributed by atoms with van der Waals surface area (Å²) < 4.78 is 0. The van der Waals surface area contributed by atoms with Gasteiger partial charge < -0.3 is 5.73 Å². The Balaban J connectivity index is 2.72. The van der Waals surface area contributed by atoms with E-state index in [-0.39, 0.29) is 0 Å². The Bertz CT molecular complexity index is 137. The highest BCUT2D eigenvalue weighted by Crippen LogP contribution is 2.19. The first kappa shape index (κ1) is 5.35. The van der Waals surface area contributed by atoms with Crippen molar-refractivity contribution in [3.8, 4) is 0 Å². The number of nitrogens with two attached hydrogens (primary N) is 1. The Hall–Kier alpha value is -0.790. The van der Waals surface area contributed by atoms with Gasteiger partial charge in [0.2, 0.25) is 0 Å². The predicted molar refractivity (Wildman–Crippen MR) is 31.1 cm³/mol. The second-order valence-electron chi connectivity index (χ2n) is 2.02. The van der Waals surface area contributed by atoms with Crippen LogP contribution in [0, 0.1) is 0 Å². The van der Waals surface area contributed by atoms with Crippen molar-refractivity contribution in [3.63, 3.8) is 0 Å². The van der Waals surface area contributed by atoms with Crippen molar-refractivity contribution in [1.29, 1.82) is 0 Å². The van der Waals surface area contributed by atoms with Crippen LogP contribution in [0.2, 0.25) is 0 Å². The molecular formula is C6H9NO. The lowest BCUT2D eigenvalue weighted by atomic mass is 10.2. The van der Waals surface area contributed by atoms with E-state index in [4.69, 9.17) is 5.73 Å². The zero-order valence-corrected chi connectivity index (χ0v) is 4.68. The van der Waals surface area contributed by atoms with E-state index in [9.17, 15) is 4.79 Å². The summed E-state index contributed by atoms with van der Waals surface area (Å²) in [5.41, 5.74) is 7.04. The molecule has 0 heterocycles. The molecule has 44 valence electrons. The van der Waals surface area contributed by atoms with Crippen LogP contribution in [0.4, 0.5) is 0 Å². The Morgan fingerprint density at radius 2 is 2.25 bits per heavy atom. The number of carbonyl (C=O) groups is 1. The maximum absolute atomic E-state index is 10.1. The number of aldehydes is 1. The lowest BCUT2D eigenvalue weighted by Crippen LogP contribution is -1.95. The van der Waals surface area contributed by atoms with Crippen LogP contribution in [0.3, 0.4) is 0 Å². The molecule has 0 amide bonds. The van der Waals surface area contributed by atoms with E-state index in [1.54, 1.807) is 0 Å². The average Bonchev–Trinajstić information content (AvgIpc) is 2.14. The molecule has 1 aliphatic carbocycles. The van der Waals surface area contributed by atoms with E-state index < -0.39 is 0 Å². The molecule has 0 atom stereocenters. The topological polar surface area (TPSA) is 43.1 Å². The zero-order chi connectivity index (χ0) is 5.98. The van der Waals surface area contributed by atoms with Crippen LogP contribution in [-0.4, -0.2) is 6.29 Å². The molecule has 2 nitrogen and oxygen atoms in total. The van der Waals surface area contributed by atoms with E-state index in [0.717, 1.165) is 36.8 Å². The third-order valence-electron chi connectivity index (χ3n) is 1.45. The van der Waals surface area contributed by atoms with Gasteiger partial charge in [-0.25, -0.2) is 0 Å². The van der Waals surface area contributed by atoms with Gasteiger partial charge in [0.1, 0.15) is 6.29 Å². The van der Waals surface area contributed by atoms with Crippen LogP contribution >= 0.6 is 0 Å². The number of hydrogen-bond acceptors (Lipinski definition) is 2. The van der Waals surface area contributed by atoms with Gasteiger partial charge in [0.15, 0.2) is 0 Å². The van der Waals surface area contributed by atoms with Crippen LogP contribution in [0.15, 0.2) is 11.3 Å². The minimum Gasteiger partial charge on any atom is -0.402 e. The first-order valence-electron chi connectivity index (χ1n) is 2.77.